The highest BCUT2D eigenvalue weighted by Crippen LogP contribution is 2.43. The van der Waals surface area contributed by atoms with Crippen molar-refractivity contribution in [2.45, 2.75) is 385 Å². The second-order valence-corrected chi connectivity index (χ2v) is 39.0. The van der Waals surface area contributed by atoms with Gasteiger partial charge in [0.15, 0.2) is 17.3 Å². The van der Waals surface area contributed by atoms with Gasteiger partial charge in [-0.2, -0.15) is 13.2 Å². The van der Waals surface area contributed by atoms with Crippen molar-refractivity contribution in [3.63, 3.8) is 0 Å². The summed E-state index contributed by atoms with van der Waals surface area (Å²) in [5, 5.41) is 29.5. The Kier molecular flexibility index (Phi) is 59.8. The number of alkyl halides is 3. The van der Waals surface area contributed by atoms with Gasteiger partial charge in [-0.05, 0) is 163 Å². The molecular weight excluding hydrogens is 1790 g/mol. The van der Waals surface area contributed by atoms with Crippen LogP contribution in [0.15, 0.2) is 72.8 Å². The van der Waals surface area contributed by atoms with Crippen molar-refractivity contribution in [2.24, 2.45) is 41.1 Å². The fourth-order valence-corrected chi connectivity index (χ4v) is 16.4. The summed E-state index contributed by atoms with van der Waals surface area (Å²) in [7, 11) is 3.13. The molecule has 9 N–H and O–H groups in total. The van der Waals surface area contributed by atoms with Gasteiger partial charge in [-0.1, -0.05) is 234 Å². The van der Waals surface area contributed by atoms with Crippen molar-refractivity contribution in [2.75, 3.05) is 53.5 Å². The van der Waals surface area contributed by atoms with E-state index in [2.05, 4.69) is 36.7 Å². The average molecular weight is 1970 g/mol. The molecule has 6 amide bonds. The number of carboxylic acid groups (broad SMARTS) is 1. The van der Waals surface area contributed by atoms with Crippen molar-refractivity contribution in [1.82, 2.24) is 30.7 Å². The standard InChI is InChI=1S/C52H79N3O9.C49H75N5O8.C5H10O.C3H3F3O.CH4/c1-10-13-15-16-17-18-19-21-28-55(51(62)64-52(6,7)8)29-27-41(56)34-40(22-20-14-11-2)49(59)54(9)47-39-25-26-46(63-30-12-3)43(35-39)42-32-38(24-23-36(42)4)33-44(50(60)61)53-48(58)37(5)31-45(47)57;1-6-7-8-9-10-11-12-13-14-15-16-20-39(56)31-38(19-17-18-25-50)49(61)54(5)46-37-22-24-45(62-27-26-51)41(32-37)40-29-36(21-23-43(40)57)30-42(48(60)52-34(3)35(4)55)53-47(59)33(2)28-44(46)58;1-4(2)5(3)6;1-2(7)3(4,5)6;/h23-26,32,35,37,40,44,47H,10-22,27-31,33-34H2,1-9H3,(H,53,58)(H,60,61);21-24,29,32-34,38,42,46,57H,6-20,25-28,30-31,50-51H2,1-5H3,(H,52,60)(H,53,59);4H,1-3H3;1H3;1H4/t37-,40-,44+,47+;33-,34+,38-,42+,46+;;;/m11.../s1. The van der Waals surface area contributed by atoms with Crippen LogP contribution in [-0.2, 0) is 79.9 Å². The van der Waals surface area contributed by atoms with Gasteiger partial charge < -0.3 is 66.5 Å². The van der Waals surface area contributed by atoms with Crippen LogP contribution >= 0.6 is 0 Å². The van der Waals surface area contributed by atoms with Crippen LogP contribution in [0.4, 0.5) is 18.0 Å². The lowest BCUT2D eigenvalue weighted by Gasteiger charge is -2.32. The number of phenolic OH excluding ortho intramolecular Hbond substituents is 1. The number of hydrogen-bond acceptors (Lipinski definition) is 20. The van der Waals surface area contributed by atoms with E-state index in [-0.39, 0.29) is 119 Å². The third-order valence-electron chi connectivity index (χ3n) is 25.2. The molecule has 0 saturated heterocycles. The predicted octanol–water partition coefficient (Wildman–Crippen LogP) is 20.6. The number of nitrogens with one attached hydrogen (secondary N) is 3. The number of benzene rings is 4. The minimum Gasteiger partial charge on any atom is -0.507 e. The SMILES string of the molecule is C.CC(=O)C(C)C.CC(=O)C(F)(F)F.CCCCCCCCCCCCCC(=O)C[C@@H](CCCCN)C(=O)N(C)[C@@H]1C(=O)C[C@@H](C)C(=O)N[C@H](C(=O)N[C@@H](C)C(C)=O)Cc2ccc(O)c(c2)-c2cc1ccc2OCCN.CCCCCCCCCCN(CCC(=O)C[C@@H](CCCCC)C(=O)N(C)[C@@H]1C(=O)C[C@@H](C)C(=O)N[C@H](C(=O)O)Cc2ccc(C)c(c2)-c2cc1ccc2OCCC)C(=O)OC(C)(C)C. The molecule has 0 fully saturated rings. The Bertz CT molecular complexity index is 4570. The third-order valence-corrected chi connectivity index (χ3v) is 25.2. The number of likely N-dealkylation sites (N-methyl/N-ethyl adjacent to an activating group) is 2. The van der Waals surface area contributed by atoms with E-state index in [4.69, 9.17) is 25.7 Å². The van der Waals surface area contributed by atoms with Gasteiger partial charge >= 0.3 is 18.2 Å². The first-order valence-electron chi connectivity index (χ1n) is 50.9. The molecule has 6 rings (SSSR count). The van der Waals surface area contributed by atoms with E-state index in [0.717, 1.165) is 81.8 Å². The molecule has 0 aromatic heterocycles. The molecule has 2 aliphatic heterocycles. The number of carbonyl (C=O) groups is 14. The van der Waals surface area contributed by atoms with Crippen molar-refractivity contribution in [1.29, 1.82) is 0 Å². The second-order valence-electron chi connectivity index (χ2n) is 39.0. The van der Waals surface area contributed by atoms with Gasteiger partial charge in [0.1, 0.15) is 71.0 Å². The molecule has 2 heterocycles. The molecule has 30 heteroatoms. The molecule has 140 heavy (non-hydrogen) atoms. The molecule has 27 nitrogen and oxygen atoms in total. The smallest absolute Gasteiger partial charge is 0.449 e. The van der Waals surface area contributed by atoms with Crippen molar-refractivity contribution >= 4 is 82.1 Å². The number of ether oxygens (including phenoxy) is 3. The Labute approximate surface area is 832 Å². The minimum atomic E-state index is -4.64. The lowest BCUT2D eigenvalue weighted by atomic mass is 9.87. The Hall–Kier alpha value is -10.2. The first-order chi connectivity index (χ1) is 65.7. The second kappa shape index (κ2) is 66.5. The Morgan fingerprint density at radius 3 is 1.36 bits per heavy atom. The average Bonchev–Trinajstić information content (AvgIpc) is 0.783. The number of unbranched alkanes of at least 4 members (excludes halogenated alkanes) is 20. The molecule has 0 aliphatic carbocycles. The monoisotopic (exact) mass is 1970 g/mol. The quantitative estimate of drug-likeness (QED) is 0.0202. The summed E-state index contributed by atoms with van der Waals surface area (Å²) >= 11 is 0. The molecular formula is C110H171F3N8O19. The number of carboxylic acids is 1. The first-order valence-corrected chi connectivity index (χ1v) is 50.9. The van der Waals surface area contributed by atoms with E-state index in [0.29, 0.717) is 116 Å². The van der Waals surface area contributed by atoms with E-state index in [1.165, 1.54) is 93.4 Å². The van der Waals surface area contributed by atoms with E-state index in [9.17, 15) is 90.5 Å². The molecule has 4 aromatic carbocycles. The number of ketones is 7. The molecule has 2 aliphatic rings. The zero-order valence-corrected chi connectivity index (χ0v) is 86.7. The van der Waals surface area contributed by atoms with Crippen LogP contribution in [0, 0.1) is 36.5 Å². The number of halogens is 3. The lowest BCUT2D eigenvalue weighted by molar-refractivity contribution is -0.168. The Balaban J connectivity index is 0.000000833. The molecule has 0 saturated carbocycles. The van der Waals surface area contributed by atoms with Crippen LogP contribution < -0.4 is 36.9 Å². The summed E-state index contributed by atoms with van der Waals surface area (Å²) in [6.45, 7) is 29.8. The molecule has 0 spiro atoms. The summed E-state index contributed by atoms with van der Waals surface area (Å²) in [5.74, 6) is -8.52. The highest BCUT2D eigenvalue weighted by atomic mass is 19.4. The number of nitrogens with zero attached hydrogens (tertiary/aromatic N) is 3. The third kappa shape index (κ3) is 46.2. The molecule has 0 unspecified atom stereocenters. The van der Waals surface area contributed by atoms with Gasteiger partial charge in [0, 0.05) is 138 Å². The van der Waals surface area contributed by atoms with E-state index >= 15 is 0 Å². The van der Waals surface area contributed by atoms with Crippen molar-refractivity contribution in [3.05, 3.63) is 101 Å². The van der Waals surface area contributed by atoms with E-state index < -0.39 is 113 Å². The summed E-state index contributed by atoms with van der Waals surface area (Å²) in [4.78, 5) is 188. The number of aromatic hydroxyl groups is 1. The number of amides is 6. The fourth-order valence-electron chi connectivity index (χ4n) is 16.4. The number of hydrogen-bond donors (Lipinski definition) is 7. The van der Waals surface area contributed by atoms with E-state index in [1.807, 2.05) is 72.7 Å². The highest BCUT2D eigenvalue weighted by Gasteiger charge is 2.40. The van der Waals surface area contributed by atoms with Crippen LogP contribution in [0.3, 0.4) is 0 Å². The number of Topliss-reactive ketones (excluding diaryl/α,β-unsaturated/α-hetero) is 7. The summed E-state index contributed by atoms with van der Waals surface area (Å²) in [6.07, 6.45) is 22.1. The summed E-state index contributed by atoms with van der Waals surface area (Å²) in [6, 6.07) is 15.5. The predicted molar refractivity (Wildman–Crippen MR) is 545 cm³/mol. The number of aryl methyl sites for hydroxylation is 1. The zero-order chi connectivity index (χ0) is 104. The van der Waals surface area contributed by atoms with Crippen molar-refractivity contribution in [3.8, 4) is 39.5 Å². The molecule has 4 aromatic rings. The number of nitrogens with two attached hydrogens (primary N) is 2. The largest absolute Gasteiger partial charge is 0.507 e. The zero-order valence-electron chi connectivity index (χ0n) is 86.7. The van der Waals surface area contributed by atoms with Crippen LogP contribution in [0.1, 0.15) is 363 Å². The topological polar surface area (TPSA) is 405 Å². The van der Waals surface area contributed by atoms with Gasteiger partial charge in [0.2, 0.25) is 35.3 Å². The first kappa shape index (κ1) is 126. The number of rotatable bonds is 51. The lowest BCUT2D eigenvalue weighted by Crippen LogP contribution is -2.52. The molecule has 8 bridgehead atoms. The maximum Gasteiger partial charge on any atom is 0.449 e. The number of fused-ring (bicyclic) bond motifs is 10. The molecule has 786 valence electrons. The Morgan fingerprint density at radius 2 is 0.921 bits per heavy atom. The van der Waals surface area contributed by atoms with Gasteiger partial charge in [0.25, 0.3) is 0 Å². The normalized spacial score (nSPS) is 16.6. The van der Waals surface area contributed by atoms with Crippen LogP contribution in [0.25, 0.3) is 22.3 Å². The van der Waals surface area contributed by atoms with Gasteiger partial charge in [-0.3, -0.25) is 57.5 Å². The van der Waals surface area contributed by atoms with Crippen LogP contribution in [0.2, 0.25) is 0 Å². The van der Waals surface area contributed by atoms with Gasteiger partial charge in [-0.15, -0.1) is 0 Å². The van der Waals surface area contributed by atoms with Crippen LogP contribution in [0.5, 0.6) is 17.2 Å². The number of carbonyl (C=O) groups excluding carboxylic acids is 13. The Morgan fingerprint density at radius 1 is 0.507 bits per heavy atom. The summed E-state index contributed by atoms with van der Waals surface area (Å²) in [5.41, 5.74) is 16.3. The number of phenols is 1. The maximum absolute atomic E-state index is 14.8. The summed E-state index contributed by atoms with van der Waals surface area (Å²) < 4.78 is 50.5. The van der Waals surface area contributed by atoms with E-state index in [1.54, 1.807) is 89.2 Å². The highest BCUT2D eigenvalue weighted by molar-refractivity contribution is 5.99. The van der Waals surface area contributed by atoms with Crippen molar-refractivity contribution < 1.29 is 105 Å². The molecule has 0 radical (unpaired) electrons. The van der Waals surface area contributed by atoms with Gasteiger partial charge in [-0.25, -0.2) is 9.59 Å². The fraction of sp³-hybridized carbons (Fsp3) is 0.655. The van der Waals surface area contributed by atoms with Crippen LogP contribution in [-0.4, -0.2) is 190 Å². The van der Waals surface area contributed by atoms with Gasteiger partial charge in [0.05, 0.1) is 12.6 Å². The number of aliphatic carboxylic acids is 1. The maximum atomic E-state index is 14.8. The molecule has 9 atom stereocenters. The minimum absolute atomic E-state index is 0.